The van der Waals surface area contributed by atoms with Crippen LogP contribution in [0.15, 0.2) is 18.2 Å². The molecule has 0 aliphatic carbocycles. The second kappa shape index (κ2) is 5.86. The summed E-state index contributed by atoms with van der Waals surface area (Å²) in [5, 5.41) is 19.8. The molecule has 1 aromatic rings. The minimum absolute atomic E-state index is 0.259. The van der Waals surface area contributed by atoms with Gasteiger partial charge in [0.2, 0.25) is 0 Å². The summed E-state index contributed by atoms with van der Waals surface area (Å²) in [4.78, 5) is 11.1. The predicted molar refractivity (Wildman–Crippen MR) is 61.0 cm³/mol. The lowest BCUT2D eigenvalue weighted by Gasteiger charge is -2.18. The van der Waals surface area contributed by atoms with Gasteiger partial charge in [0, 0.05) is 10.6 Å². The second-order valence-corrected chi connectivity index (χ2v) is 3.74. The summed E-state index contributed by atoms with van der Waals surface area (Å²) in [6.07, 6.45) is -3.11. The number of hydrogen-bond acceptors (Lipinski definition) is 5. The van der Waals surface area contributed by atoms with Crippen LogP contribution in [-0.4, -0.2) is 36.5 Å². The van der Waals surface area contributed by atoms with Crippen LogP contribution in [-0.2, 0) is 9.53 Å². The molecule has 6 heteroatoms. The molecule has 0 radical (unpaired) electrons. The van der Waals surface area contributed by atoms with Crippen LogP contribution < -0.4 is 4.74 Å². The van der Waals surface area contributed by atoms with Crippen molar-refractivity contribution in [3.8, 4) is 5.75 Å². The van der Waals surface area contributed by atoms with Crippen LogP contribution in [0.5, 0.6) is 5.75 Å². The van der Waals surface area contributed by atoms with Gasteiger partial charge in [-0.15, -0.1) is 0 Å². The van der Waals surface area contributed by atoms with Crippen LogP contribution in [0.4, 0.5) is 0 Å². The molecule has 1 rings (SSSR count). The fourth-order valence-electron chi connectivity index (χ4n) is 1.35. The monoisotopic (exact) mass is 260 g/mol. The molecule has 1 aromatic carbocycles. The molecule has 2 unspecified atom stereocenters. The first-order chi connectivity index (χ1) is 8.01. The molecule has 0 fully saturated rings. The van der Waals surface area contributed by atoms with Gasteiger partial charge in [-0.3, -0.25) is 0 Å². The molecule has 0 amide bonds. The zero-order valence-corrected chi connectivity index (χ0v) is 10.1. The van der Waals surface area contributed by atoms with Gasteiger partial charge in [0.05, 0.1) is 14.2 Å². The smallest absolute Gasteiger partial charge is 0.337 e. The SMILES string of the molecule is COC(=O)C(O)C(O)c1ccc(Cl)cc1OC. The van der Waals surface area contributed by atoms with Crippen molar-refractivity contribution < 1.29 is 24.5 Å². The number of carbonyl (C=O) groups excluding carboxylic acids is 1. The number of esters is 1. The number of aliphatic hydroxyl groups is 2. The van der Waals surface area contributed by atoms with E-state index in [1.54, 1.807) is 0 Å². The zero-order valence-electron chi connectivity index (χ0n) is 9.38. The van der Waals surface area contributed by atoms with E-state index in [0.29, 0.717) is 5.02 Å². The number of hydrogen-bond donors (Lipinski definition) is 2. The van der Waals surface area contributed by atoms with Crippen molar-refractivity contribution in [1.29, 1.82) is 0 Å². The molecular weight excluding hydrogens is 248 g/mol. The first-order valence-electron chi connectivity index (χ1n) is 4.78. The highest BCUT2D eigenvalue weighted by Gasteiger charge is 2.28. The number of methoxy groups -OCH3 is 2. The van der Waals surface area contributed by atoms with Crippen molar-refractivity contribution in [2.24, 2.45) is 0 Å². The Morgan fingerprint density at radius 2 is 2.00 bits per heavy atom. The lowest BCUT2D eigenvalue weighted by Crippen LogP contribution is -2.29. The third kappa shape index (κ3) is 3.09. The highest BCUT2D eigenvalue weighted by Crippen LogP contribution is 2.30. The van der Waals surface area contributed by atoms with E-state index in [0.717, 1.165) is 7.11 Å². The molecule has 0 saturated carbocycles. The summed E-state index contributed by atoms with van der Waals surface area (Å²) >= 11 is 5.75. The molecule has 2 N–H and O–H groups in total. The maximum absolute atomic E-state index is 11.1. The van der Waals surface area contributed by atoms with Gasteiger partial charge < -0.3 is 19.7 Å². The van der Waals surface area contributed by atoms with Gasteiger partial charge in [-0.25, -0.2) is 4.79 Å². The van der Waals surface area contributed by atoms with Crippen LogP contribution >= 0.6 is 11.6 Å². The number of halogens is 1. The Kier molecular flexibility index (Phi) is 4.74. The van der Waals surface area contributed by atoms with Crippen molar-refractivity contribution in [3.05, 3.63) is 28.8 Å². The van der Waals surface area contributed by atoms with Crippen LogP contribution in [0.1, 0.15) is 11.7 Å². The average molecular weight is 261 g/mol. The van der Waals surface area contributed by atoms with E-state index in [1.165, 1.54) is 25.3 Å². The van der Waals surface area contributed by atoms with E-state index in [1.807, 2.05) is 0 Å². The minimum atomic E-state index is -1.67. The van der Waals surface area contributed by atoms with Gasteiger partial charge in [-0.2, -0.15) is 0 Å². The van der Waals surface area contributed by atoms with Crippen molar-refractivity contribution in [2.45, 2.75) is 12.2 Å². The quantitative estimate of drug-likeness (QED) is 0.787. The summed E-state index contributed by atoms with van der Waals surface area (Å²) in [5.74, 6) is -0.637. The van der Waals surface area contributed by atoms with E-state index in [4.69, 9.17) is 16.3 Å². The van der Waals surface area contributed by atoms with Gasteiger partial charge in [0.15, 0.2) is 6.10 Å². The summed E-state index contributed by atoms with van der Waals surface area (Å²) in [6.45, 7) is 0. The Hall–Kier alpha value is -1.30. The molecule has 5 nitrogen and oxygen atoms in total. The van der Waals surface area contributed by atoms with Gasteiger partial charge in [-0.05, 0) is 12.1 Å². The largest absolute Gasteiger partial charge is 0.496 e. The maximum atomic E-state index is 11.1. The zero-order chi connectivity index (χ0) is 13.0. The third-order valence-electron chi connectivity index (χ3n) is 2.26. The van der Waals surface area contributed by atoms with Crippen molar-refractivity contribution in [2.75, 3.05) is 14.2 Å². The Morgan fingerprint density at radius 3 is 2.53 bits per heavy atom. The van der Waals surface area contributed by atoms with Crippen LogP contribution in [0.2, 0.25) is 5.02 Å². The average Bonchev–Trinajstić information content (AvgIpc) is 2.35. The summed E-state index contributed by atoms with van der Waals surface area (Å²) in [7, 11) is 2.52. The van der Waals surface area contributed by atoms with Crippen LogP contribution in [0.25, 0.3) is 0 Å². The molecule has 0 saturated heterocycles. The van der Waals surface area contributed by atoms with E-state index in [2.05, 4.69) is 4.74 Å². The topological polar surface area (TPSA) is 76.0 Å². The number of carbonyl (C=O) groups is 1. The summed E-state index contributed by atoms with van der Waals surface area (Å²) in [6, 6.07) is 4.47. The molecular formula is C11H13ClO5. The number of ether oxygens (including phenoxy) is 2. The number of aliphatic hydroxyl groups excluding tert-OH is 2. The van der Waals surface area contributed by atoms with Gasteiger partial charge >= 0.3 is 5.97 Å². The Labute approximate surface area is 104 Å². The number of rotatable bonds is 4. The van der Waals surface area contributed by atoms with Gasteiger partial charge in [0.25, 0.3) is 0 Å². The molecule has 0 aliphatic heterocycles. The van der Waals surface area contributed by atoms with Gasteiger partial charge in [-0.1, -0.05) is 17.7 Å². The standard InChI is InChI=1S/C11H13ClO5/c1-16-8-5-6(12)3-4-7(8)9(13)10(14)11(15)17-2/h3-5,9-10,13-14H,1-2H3. The van der Waals surface area contributed by atoms with Gasteiger partial charge in [0.1, 0.15) is 11.9 Å². The molecule has 2 atom stereocenters. The first-order valence-corrected chi connectivity index (χ1v) is 5.16. The molecule has 0 bridgehead atoms. The lowest BCUT2D eigenvalue weighted by molar-refractivity contribution is -0.156. The van der Waals surface area contributed by atoms with E-state index < -0.39 is 18.2 Å². The molecule has 17 heavy (non-hydrogen) atoms. The highest BCUT2D eigenvalue weighted by molar-refractivity contribution is 6.30. The second-order valence-electron chi connectivity index (χ2n) is 3.30. The number of benzene rings is 1. The molecule has 94 valence electrons. The van der Waals surface area contributed by atoms with E-state index in [9.17, 15) is 15.0 Å². The van der Waals surface area contributed by atoms with Crippen LogP contribution in [0, 0.1) is 0 Å². The minimum Gasteiger partial charge on any atom is -0.496 e. The first kappa shape index (κ1) is 13.8. The molecule has 0 heterocycles. The van der Waals surface area contributed by atoms with Crippen molar-refractivity contribution in [3.63, 3.8) is 0 Å². The maximum Gasteiger partial charge on any atom is 0.337 e. The van der Waals surface area contributed by atoms with E-state index in [-0.39, 0.29) is 11.3 Å². The Balaban J connectivity index is 3.03. The molecule has 0 aliphatic rings. The third-order valence-corrected chi connectivity index (χ3v) is 2.49. The molecule has 0 spiro atoms. The Bertz CT molecular complexity index is 407. The molecule has 0 aromatic heterocycles. The van der Waals surface area contributed by atoms with E-state index >= 15 is 0 Å². The predicted octanol–water partition coefficient (Wildman–Crippen LogP) is 0.916. The van der Waals surface area contributed by atoms with Crippen molar-refractivity contribution in [1.82, 2.24) is 0 Å². The van der Waals surface area contributed by atoms with Crippen molar-refractivity contribution >= 4 is 17.6 Å². The fraction of sp³-hybridized carbons (Fsp3) is 0.364. The summed E-state index contributed by atoms with van der Waals surface area (Å²) < 4.78 is 9.34. The Morgan fingerprint density at radius 1 is 1.35 bits per heavy atom. The lowest BCUT2D eigenvalue weighted by atomic mass is 10.0. The highest BCUT2D eigenvalue weighted by atomic mass is 35.5. The normalized spacial score (nSPS) is 13.9. The fourth-order valence-corrected chi connectivity index (χ4v) is 1.51. The van der Waals surface area contributed by atoms with Crippen LogP contribution in [0.3, 0.4) is 0 Å². The summed E-state index contributed by atoms with van der Waals surface area (Å²) in [5.41, 5.74) is 0.259.